The van der Waals surface area contributed by atoms with Gasteiger partial charge in [-0.15, -0.1) is 0 Å². The van der Waals surface area contributed by atoms with Crippen molar-refractivity contribution in [3.63, 3.8) is 0 Å². The van der Waals surface area contributed by atoms with Crippen LogP contribution in [0.4, 0.5) is 0 Å². The molecule has 0 heterocycles. The molecule has 0 amide bonds. The third-order valence-corrected chi connectivity index (χ3v) is 3.55. The number of hydrogen-bond acceptors (Lipinski definition) is 6. The predicted molar refractivity (Wildman–Crippen MR) is 111 cm³/mol. The Morgan fingerprint density at radius 3 is 0.828 bits per heavy atom. The molecule has 2 N–H and O–H groups in total. The van der Waals surface area contributed by atoms with E-state index in [4.69, 9.17) is 6.80 Å². The molecule has 0 aliphatic carbocycles. The van der Waals surface area contributed by atoms with Crippen molar-refractivity contribution in [3.05, 3.63) is 23.7 Å². The first-order chi connectivity index (χ1) is 12.5. The van der Waals surface area contributed by atoms with Crippen LogP contribution >= 0.6 is 0 Å². The van der Waals surface area contributed by atoms with Gasteiger partial charge in [0, 0.05) is 33.8 Å². The van der Waals surface area contributed by atoms with E-state index in [0.29, 0.717) is 0 Å². The van der Waals surface area contributed by atoms with E-state index in [-0.39, 0.29) is 33.9 Å². The van der Waals surface area contributed by atoms with Gasteiger partial charge >= 0.3 is 25.3 Å². The molecule has 0 saturated carbocycles. The number of hydrogen-bond donors (Lipinski definition) is 2. The Kier molecular flexibility index (Phi) is 13.9. The average molecular weight is 496 g/mol. The monoisotopic (exact) mass is 498 g/mol. The van der Waals surface area contributed by atoms with Crippen LogP contribution < -0.4 is 0 Å². The Hall–Kier alpha value is -1.29. The second-order valence-corrected chi connectivity index (χ2v) is 11.2. The Labute approximate surface area is 185 Å². The van der Waals surface area contributed by atoms with Crippen molar-refractivity contribution >= 4 is 11.6 Å². The molecular weight excluding hydrogens is 456 g/mol. The van der Waals surface area contributed by atoms with Gasteiger partial charge in [0.05, 0.1) is 0 Å². The van der Waals surface area contributed by atoms with Gasteiger partial charge < -0.3 is 10.2 Å². The van der Waals surface area contributed by atoms with Crippen LogP contribution in [0.1, 0.15) is 83.1 Å². The quantitative estimate of drug-likeness (QED) is 0.278. The van der Waals surface area contributed by atoms with E-state index in [0.717, 1.165) is 0 Å². The normalized spacial score (nSPS) is 13.4. The molecule has 0 atom stereocenters. The summed E-state index contributed by atoms with van der Waals surface area (Å²) < 4.78 is 17.0. The van der Waals surface area contributed by atoms with Gasteiger partial charge in [-0.2, -0.15) is 0 Å². The molecule has 0 unspecified atom stereocenters. The summed E-state index contributed by atoms with van der Waals surface area (Å²) >= 11 is -2.03. The number of ketones is 2. The van der Waals surface area contributed by atoms with Crippen molar-refractivity contribution < 1.29 is 45.1 Å². The zero-order valence-corrected chi connectivity index (χ0v) is 22.1. The SMILES string of the molecule is CC(C)(C)C(=O)/C=C(\O)C(C)(C)C.CC(C)(C)C(=O)/C=C(\O)C(C)(C)C.[O]=[Mo]=[O]. The summed E-state index contributed by atoms with van der Waals surface area (Å²) in [6.45, 7) is 22.2. The van der Waals surface area contributed by atoms with Crippen LogP contribution in [-0.4, -0.2) is 21.8 Å². The molecule has 0 aliphatic heterocycles. The van der Waals surface area contributed by atoms with E-state index < -0.39 is 29.3 Å². The molecule has 0 radical (unpaired) electrons. The summed E-state index contributed by atoms with van der Waals surface area (Å²) in [6, 6.07) is 0. The molecule has 6 nitrogen and oxygen atoms in total. The van der Waals surface area contributed by atoms with E-state index in [1.54, 1.807) is 0 Å². The van der Waals surface area contributed by atoms with Gasteiger partial charge in [-0.1, -0.05) is 83.1 Å². The molecular formula is C22H40MoO6. The summed E-state index contributed by atoms with van der Waals surface area (Å²) in [4.78, 5) is 23.0. The van der Waals surface area contributed by atoms with E-state index in [1.807, 2.05) is 83.1 Å². The number of carbonyl (C=O) groups is 2. The van der Waals surface area contributed by atoms with Crippen molar-refractivity contribution in [3.8, 4) is 0 Å². The molecule has 170 valence electrons. The first-order valence-corrected chi connectivity index (χ1v) is 11.0. The van der Waals surface area contributed by atoms with Crippen molar-refractivity contribution in [1.29, 1.82) is 0 Å². The topological polar surface area (TPSA) is 109 Å². The average Bonchev–Trinajstić information content (AvgIpc) is 2.44. The number of aliphatic hydroxyl groups is 2. The van der Waals surface area contributed by atoms with Gasteiger partial charge in [-0.05, 0) is 0 Å². The minimum atomic E-state index is -2.03. The summed E-state index contributed by atoms with van der Waals surface area (Å²) in [6.07, 6.45) is 2.67. The fraction of sp³-hybridized carbons (Fsp3) is 0.727. The van der Waals surface area contributed by atoms with Crippen molar-refractivity contribution in [2.24, 2.45) is 21.7 Å². The van der Waals surface area contributed by atoms with Crippen molar-refractivity contribution in [2.45, 2.75) is 83.1 Å². The van der Waals surface area contributed by atoms with E-state index >= 15 is 0 Å². The Bertz CT molecular complexity index is 587. The Balaban J connectivity index is -0.000000410. The van der Waals surface area contributed by atoms with Gasteiger partial charge in [-0.3, -0.25) is 9.59 Å². The fourth-order valence-corrected chi connectivity index (χ4v) is 1.11. The van der Waals surface area contributed by atoms with Crippen LogP contribution in [0.3, 0.4) is 0 Å². The Morgan fingerprint density at radius 1 is 0.552 bits per heavy atom. The first kappa shape index (κ1) is 32.4. The Morgan fingerprint density at radius 2 is 0.724 bits per heavy atom. The van der Waals surface area contributed by atoms with Gasteiger partial charge in [0.15, 0.2) is 11.6 Å². The van der Waals surface area contributed by atoms with Crippen molar-refractivity contribution in [1.82, 2.24) is 0 Å². The first-order valence-electron chi connectivity index (χ1n) is 9.34. The molecule has 0 rings (SSSR count). The third-order valence-electron chi connectivity index (χ3n) is 3.55. The van der Waals surface area contributed by atoms with Crippen molar-refractivity contribution in [2.75, 3.05) is 0 Å². The molecule has 0 aliphatic rings. The van der Waals surface area contributed by atoms with Gasteiger partial charge in [0.25, 0.3) is 0 Å². The summed E-state index contributed by atoms with van der Waals surface area (Å²) in [5, 5.41) is 19.1. The van der Waals surface area contributed by atoms with Crippen LogP contribution in [0, 0.1) is 21.7 Å². The number of carbonyl (C=O) groups excluding carboxylic acids is 2. The molecule has 0 spiro atoms. The van der Waals surface area contributed by atoms with Crippen LogP contribution in [0.5, 0.6) is 0 Å². The molecule has 0 aromatic heterocycles. The molecule has 7 heteroatoms. The van der Waals surface area contributed by atoms with E-state index in [2.05, 4.69) is 0 Å². The second kappa shape index (κ2) is 12.4. The number of allylic oxidation sites excluding steroid dienone is 4. The van der Waals surface area contributed by atoms with Crippen LogP contribution in [0.2, 0.25) is 0 Å². The minimum absolute atomic E-state index is 0.0417. The number of aliphatic hydroxyl groups excluding tert-OH is 2. The van der Waals surface area contributed by atoms with Crippen LogP contribution in [0.15, 0.2) is 23.7 Å². The molecule has 29 heavy (non-hydrogen) atoms. The molecule has 0 bridgehead atoms. The summed E-state index contributed by atoms with van der Waals surface area (Å²) in [5.74, 6) is 0.208. The van der Waals surface area contributed by atoms with Gasteiger partial charge in [-0.25, -0.2) is 0 Å². The molecule has 0 aromatic rings. The van der Waals surface area contributed by atoms with Gasteiger partial charge in [0.1, 0.15) is 11.5 Å². The maximum atomic E-state index is 11.5. The van der Waals surface area contributed by atoms with Crippen LogP contribution in [-0.2, 0) is 34.9 Å². The standard InChI is InChI=1S/2C11H20O2.Mo.2O/c2*1-10(2,3)8(12)7-9(13)11(4,5)6;;;/h2*7,12H,1-6H3;;;/b2*8-7-;;;. The zero-order valence-electron chi connectivity index (χ0n) is 20.1. The second-order valence-electron chi connectivity index (χ2n) is 10.9. The van der Waals surface area contributed by atoms with E-state index in [9.17, 15) is 19.8 Å². The summed E-state index contributed by atoms with van der Waals surface area (Å²) in [5.41, 5.74) is -1.53. The fourth-order valence-electron chi connectivity index (χ4n) is 1.11. The summed E-state index contributed by atoms with van der Waals surface area (Å²) in [7, 11) is 0. The van der Waals surface area contributed by atoms with Gasteiger partial charge in [0.2, 0.25) is 0 Å². The predicted octanol–water partition coefficient (Wildman–Crippen LogP) is 5.94. The number of rotatable bonds is 2. The maximum absolute atomic E-state index is 11.5. The zero-order chi connectivity index (χ0) is 24.4. The molecule has 0 saturated heterocycles. The van der Waals surface area contributed by atoms with E-state index in [1.165, 1.54) is 12.2 Å². The molecule has 0 fully saturated rings. The molecule has 0 aromatic carbocycles. The third kappa shape index (κ3) is 17.3. The van der Waals surface area contributed by atoms with Crippen LogP contribution in [0.25, 0.3) is 0 Å².